The van der Waals surface area contributed by atoms with Crippen LogP contribution >= 0.6 is 0 Å². The summed E-state index contributed by atoms with van der Waals surface area (Å²) in [5.74, 6) is 0.0212. The fourth-order valence-corrected chi connectivity index (χ4v) is 2.57. The number of aliphatic imine (C=N–C) groups is 1. The molecule has 1 unspecified atom stereocenters. The molecule has 3 N–H and O–H groups in total. The van der Waals surface area contributed by atoms with Crippen LogP contribution in [-0.4, -0.2) is 30.7 Å². The quantitative estimate of drug-likeness (QED) is 0.525. The van der Waals surface area contributed by atoms with Crippen LogP contribution in [-0.2, 0) is 6.42 Å². The molecule has 0 spiro atoms. The molecule has 4 nitrogen and oxygen atoms in total. The molecule has 0 heterocycles. The molecule has 0 fully saturated rings. The molecule has 0 aromatic heterocycles. The lowest BCUT2D eigenvalue weighted by Crippen LogP contribution is -2.38. The zero-order valence-electron chi connectivity index (χ0n) is 15.1. The lowest BCUT2D eigenvalue weighted by atomic mass is 10.1. The number of guanidine groups is 1. The van der Waals surface area contributed by atoms with Gasteiger partial charge >= 0.3 is 0 Å². The van der Waals surface area contributed by atoms with E-state index in [0.717, 1.165) is 17.5 Å². The molecule has 140 valence electrons. The molecule has 0 radical (unpaired) electrons. The van der Waals surface area contributed by atoms with Crippen molar-refractivity contribution in [2.75, 3.05) is 19.6 Å². The standard InChI is InChI=1S/C20H25F2N3O/c1-3-23-20(24-11-10-15-4-9-18(22)12-14(15)2)25-13-19(26)16-5-7-17(21)8-6-16/h4-9,12,19,26H,3,10-11,13H2,1-2H3,(H2,23,24,25). The summed E-state index contributed by atoms with van der Waals surface area (Å²) in [6, 6.07) is 10.5. The second kappa shape index (κ2) is 9.87. The van der Waals surface area contributed by atoms with E-state index in [2.05, 4.69) is 15.6 Å². The molecule has 6 heteroatoms. The van der Waals surface area contributed by atoms with E-state index in [-0.39, 0.29) is 18.2 Å². The van der Waals surface area contributed by atoms with Crippen LogP contribution in [0.1, 0.15) is 29.7 Å². The van der Waals surface area contributed by atoms with Crippen LogP contribution < -0.4 is 10.6 Å². The summed E-state index contributed by atoms with van der Waals surface area (Å²) < 4.78 is 26.1. The number of hydrogen-bond acceptors (Lipinski definition) is 2. The summed E-state index contributed by atoms with van der Waals surface area (Å²) >= 11 is 0. The Hall–Kier alpha value is -2.47. The van der Waals surface area contributed by atoms with Gasteiger partial charge in [0.1, 0.15) is 11.6 Å². The number of halogens is 2. The highest BCUT2D eigenvalue weighted by molar-refractivity contribution is 5.79. The predicted octanol–water partition coefficient (Wildman–Crippen LogP) is 3.10. The van der Waals surface area contributed by atoms with E-state index in [1.807, 2.05) is 13.8 Å². The number of nitrogens with one attached hydrogen (secondary N) is 2. The van der Waals surface area contributed by atoms with Crippen molar-refractivity contribution in [2.45, 2.75) is 26.4 Å². The number of benzene rings is 2. The maximum atomic E-state index is 13.1. The zero-order chi connectivity index (χ0) is 18.9. The van der Waals surface area contributed by atoms with Gasteiger partial charge in [0.2, 0.25) is 0 Å². The predicted molar refractivity (Wildman–Crippen MR) is 100 cm³/mol. The summed E-state index contributed by atoms with van der Waals surface area (Å²) in [6.45, 7) is 5.32. The van der Waals surface area contributed by atoms with Gasteiger partial charge in [-0.25, -0.2) is 8.78 Å². The van der Waals surface area contributed by atoms with Crippen LogP contribution in [0.2, 0.25) is 0 Å². The average molecular weight is 361 g/mol. The summed E-state index contributed by atoms with van der Waals surface area (Å²) in [5, 5.41) is 16.5. The van der Waals surface area contributed by atoms with Gasteiger partial charge in [0.15, 0.2) is 5.96 Å². The Morgan fingerprint density at radius 2 is 1.77 bits per heavy atom. The third-order valence-electron chi connectivity index (χ3n) is 4.01. The van der Waals surface area contributed by atoms with Gasteiger partial charge in [-0.05, 0) is 61.2 Å². The molecule has 26 heavy (non-hydrogen) atoms. The van der Waals surface area contributed by atoms with Crippen LogP contribution in [0, 0.1) is 18.6 Å². The number of aliphatic hydroxyl groups excluding tert-OH is 1. The first-order valence-corrected chi connectivity index (χ1v) is 8.70. The molecule has 0 aliphatic heterocycles. The minimum absolute atomic E-state index is 0.163. The largest absolute Gasteiger partial charge is 0.386 e. The first kappa shape index (κ1) is 19.8. The van der Waals surface area contributed by atoms with Gasteiger partial charge in [-0.3, -0.25) is 4.99 Å². The molecule has 2 aromatic carbocycles. The van der Waals surface area contributed by atoms with Crippen molar-refractivity contribution in [3.8, 4) is 0 Å². The van der Waals surface area contributed by atoms with Crippen LogP contribution in [0.5, 0.6) is 0 Å². The zero-order valence-corrected chi connectivity index (χ0v) is 15.1. The van der Waals surface area contributed by atoms with Crippen LogP contribution in [0.3, 0.4) is 0 Å². The maximum Gasteiger partial charge on any atom is 0.191 e. The van der Waals surface area contributed by atoms with Crippen LogP contribution in [0.4, 0.5) is 8.78 Å². The smallest absolute Gasteiger partial charge is 0.191 e. The van der Waals surface area contributed by atoms with E-state index < -0.39 is 6.10 Å². The molecular formula is C20H25F2N3O. The topological polar surface area (TPSA) is 56.7 Å². The molecule has 2 rings (SSSR count). The number of nitrogens with zero attached hydrogens (tertiary/aromatic N) is 1. The summed E-state index contributed by atoms with van der Waals surface area (Å²) in [6.07, 6.45) is -0.0674. The number of hydrogen-bond donors (Lipinski definition) is 3. The van der Waals surface area contributed by atoms with Gasteiger partial charge in [0, 0.05) is 13.1 Å². The van der Waals surface area contributed by atoms with Crippen molar-refractivity contribution in [2.24, 2.45) is 4.99 Å². The van der Waals surface area contributed by atoms with Crippen LogP contribution in [0.25, 0.3) is 0 Å². The van der Waals surface area contributed by atoms with Crippen molar-refractivity contribution in [3.63, 3.8) is 0 Å². The maximum absolute atomic E-state index is 13.1. The molecule has 0 bridgehead atoms. The van der Waals surface area contributed by atoms with E-state index in [4.69, 9.17) is 0 Å². The third-order valence-corrected chi connectivity index (χ3v) is 4.01. The lowest BCUT2D eigenvalue weighted by molar-refractivity contribution is 0.187. The SMILES string of the molecule is CCNC(=NCC(O)c1ccc(F)cc1)NCCc1ccc(F)cc1C. The fourth-order valence-electron chi connectivity index (χ4n) is 2.57. The van der Waals surface area contributed by atoms with Gasteiger partial charge in [-0.2, -0.15) is 0 Å². The van der Waals surface area contributed by atoms with Gasteiger partial charge in [-0.15, -0.1) is 0 Å². The monoisotopic (exact) mass is 361 g/mol. The molecule has 1 atom stereocenters. The molecule has 0 aliphatic carbocycles. The van der Waals surface area contributed by atoms with Gasteiger partial charge in [-0.1, -0.05) is 18.2 Å². The average Bonchev–Trinajstić information content (AvgIpc) is 2.61. The van der Waals surface area contributed by atoms with Crippen molar-refractivity contribution in [1.29, 1.82) is 0 Å². The number of rotatable bonds is 7. The summed E-state index contributed by atoms with van der Waals surface area (Å²) in [5.41, 5.74) is 2.61. The highest BCUT2D eigenvalue weighted by Crippen LogP contribution is 2.13. The van der Waals surface area contributed by atoms with E-state index >= 15 is 0 Å². The van der Waals surface area contributed by atoms with Gasteiger partial charge in [0.05, 0.1) is 12.6 Å². The van der Waals surface area contributed by atoms with E-state index in [1.165, 1.54) is 24.3 Å². The highest BCUT2D eigenvalue weighted by atomic mass is 19.1. The van der Waals surface area contributed by atoms with Crippen molar-refractivity contribution >= 4 is 5.96 Å². The minimum Gasteiger partial charge on any atom is -0.386 e. The Bertz CT molecular complexity index is 732. The van der Waals surface area contributed by atoms with E-state index in [0.29, 0.717) is 24.6 Å². The number of aliphatic hydroxyl groups is 1. The Morgan fingerprint density at radius 3 is 2.42 bits per heavy atom. The van der Waals surface area contributed by atoms with E-state index in [9.17, 15) is 13.9 Å². The fraction of sp³-hybridized carbons (Fsp3) is 0.350. The lowest BCUT2D eigenvalue weighted by Gasteiger charge is -2.14. The number of aryl methyl sites for hydroxylation is 1. The molecule has 0 aliphatic rings. The van der Waals surface area contributed by atoms with Gasteiger partial charge in [0.25, 0.3) is 0 Å². The first-order valence-electron chi connectivity index (χ1n) is 8.70. The summed E-state index contributed by atoms with van der Waals surface area (Å²) in [7, 11) is 0. The van der Waals surface area contributed by atoms with Crippen LogP contribution in [0.15, 0.2) is 47.5 Å². The second-order valence-electron chi connectivity index (χ2n) is 6.03. The molecular weight excluding hydrogens is 336 g/mol. The van der Waals surface area contributed by atoms with Crippen molar-refractivity contribution in [3.05, 3.63) is 70.8 Å². The Balaban J connectivity index is 1.90. The van der Waals surface area contributed by atoms with Crippen molar-refractivity contribution < 1.29 is 13.9 Å². The molecule has 2 aromatic rings. The molecule has 0 saturated carbocycles. The normalized spacial score (nSPS) is 12.7. The Labute approximate surface area is 153 Å². The van der Waals surface area contributed by atoms with Crippen molar-refractivity contribution in [1.82, 2.24) is 10.6 Å². The molecule has 0 saturated heterocycles. The second-order valence-corrected chi connectivity index (χ2v) is 6.03. The Morgan fingerprint density at radius 1 is 1.08 bits per heavy atom. The van der Waals surface area contributed by atoms with E-state index in [1.54, 1.807) is 18.2 Å². The molecule has 0 amide bonds. The third kappa shape index (κ3) is 6.11. The Kier molecular flexibility index (Phi) is 7.53. The minimum atomic E-state index is -0.801. The highest BCUT2D eigenvalue weighted by Gasteiger charge is 2.08. The summed E-state index contributed by atoms with van der Waals surface area (Å²) in [4.78, 5) is 4.37. The first-order chi connectivity index (χ1) is 12.5. The van der Waals surface area contributed by atoms with Gasteiger partial charge < -0.3 is 15.7 Å².